The maximum absolute atomic E-state index is 11.7. The van der Waals surface area contributed by atoms with Crippen LogP contribution in [0.15, 0.2) is 5.16 Å². The molecule has 0 radical (unpaired) electrons. The highest BCUT2D eigenvalue weighted by Crippen LogP contribution is 2.31. The lowest BCUT2D eigenvalue weighted by molar-refractivity contribution is -0.0326. The number of nitrogens with two attached hydrogens (primary N) is 1. The Morgan fingerprint density at radius 1 is 1.36 bits per heavy atom. The first kappa shape index (κ1) is 11.9. The van der Waals surface area contributed by atoms with Gasteiger partial charge in [-0.1, -0.05) is 23.5 Å². The predicted octanol–water partition coefficient (Wildman–Crippen LogP) is 2.47. The summed E-state index contributed by atoms with van der Waals surface area (Å²) in [5.74, 6) is 0.313. The van der Waals surface area contributed by atoms with E-state index in [0.717, 1.165) is 11.5 Å². The van der Waals surface area contributed by atoms with E-state index in [1.807, 2.05) is 0 Å². The van der Waals surface area contributed by atoms with Gasteiger partial charge < -0.3 is 5.73 Å². The highest BCUT2D eigenvalue weighted by molar-refractivity contribution is 8.03. The zero-order valence-electron chi connectivity index (χ0n) is 6.74. The summed E-state index contributed by atoms with van der Waals surface area (Å²) in [6.07, 6.45) is 0. The van der Waals surface area contributed by atoms with Crippen molar-refractivity contribution >= 4 is 40.2 Å². The normalized spacial score (nSPS) is 11.9. The Labute approximate surface area is 90.8 Å². The summed E-state index contributed by atoms with van der Waals surface area (Å²) in [6.45, 7) is 0. The van der Waals surface area contributed by atoms with Gasteiger partial charge in [-0.05, 0) is 0 Å². The van der Waals surface area contributed by atoms with Crippen LogP contribution in [0.1, 0.15) is 0 Å². The molecule has 0 spiro atoms. The van der Waals surface area contributed by atoms with E-state index in [4.69, 9.17) is 5.73 Å². The van der Waals surface area contributed by atoms with Crippen LogP contribution in [0, 0.1) is 0 Å². The van der Waals surface area contributed by atoms with Gasteiger partial charge in [0.05, 0.1) is 0 Å². The zero-order valence-corrected chi connectivity index (χ0v) is 9.19. The number of nitrogen functional groups attached to an aromatic ring is 1. The molecule has 0 aliphatic rings. The number of nitrogens with zero attached hydrogens (tertiary/aromatic N) is 2. The van der Waals surface area contributed by atoms with E-state index in [-0.39, 0.29) is 17.5 Å². The quantitative estimate of drug-likeness (QED) is 0.666. The number of hydrogen-bond donors (Lipinski definition) is 1. The summed E-state index contributed by atoms with van der Waals surface area (Å²) in [5.41, 5.74) is 1.14. The van der Waals surface area contributed by atoms with Gasteiger partial charge in [0.2, 0.25) is 10.3 Å². The Balaban J connectivity index is 2.16. The van der Waals surface area contributed by atoms with Gasteiger partial charge in [0.25, 0.3) is 0 Å². The van der Waals surface area contributed by atoms with Crippen molar-refractivity contribution in [2.75, 3.05) is 17.2 Å². The van der Waals surface area contributed by atoms with Crippen LogP contribution in [0.3, 0.4) is 0 Å². The lowest BCUT2D eigenvalue weighted by Crippen LogP contribution is -2.02. The van der Waals surface area contributed by atoms with E-state index < -0.39 is 5.51 Å². The molecule has 0 aliphatic heterocycles. The van der Waals surface area contributed by atoms with Crippen molar-refractivity contribution in [1.29, 1.82) is 0 Å². The first-order valence-electron chi connectivity index (χ1n) is 3.40. The van der Waals surface area contributed by atoms with Gasteiger partial charge in [0.15, 0.2) is 0 Å². The molecule has 14 heavy (non-hydrogen) atoms. The maximum Gasteiger partial charge on any atom is 0.441 e. The van der Waals surface area contributed by atoms with E-state index in [9.17, 15) is 13.2 Å². The van der Waals surface area contributed by atoms with Crippen LogP contribution in [0.2, 0.25) is 0 Å². The van der Waals surface area contributed by atoms with Gasteiger partial charge in [-0.2, -0.15) is 22.5 Å². The SMILES string of the molecule is Nc1nc(SCCSC(F)(F)F)ns1. The van der Waals surface area contributed by atoms with Crippen molar-refractivity contribution in [3.05, 3.63) is 0 Å². The van der Waals surface area contributed by atoms with E-state index in [1.165, 1.54) is 11.8 Å². The molecule has 1 heterocycles. The molecule has 0 saturated heterocycles. The number of rotatable bonds is 4. The molecule has 0 unspecified atom stereocenters. The Hall–Kier alpha value is -0.150. The number of anilines is 1. The van der Waals surface area contributed by atoms with Crippen molar-refractivity contribution in [2.24, 2.45) is 0 Å². The lowest BCUT2D eigenvalue weighted by Gasteiger charge is -2.03. The second-order valence-corrected chi connectivity index (χ2v) is 5.06. The summed E-state index contributed by atoms with van der Waals surface area (Å²) in [5, 5.41) is 0.770. The van der Waals surface area contributed by atoms with Crippen LogP contribution in [0.5, 0.6) is 0 Å². The molecular formula is C5H6F3N3S3. The molecule has 3 nitrogen and oxygen atoms in total. The predicted molar refractivity (Wildman–Crippen MR) is 53.6 cm³/mol. The molecule has 2 N–H and O–H groups in total. The molecule has 0 bridgehead atoms. The molecule has 0 fully saturated rings. The lowest BCUT2D eigenvalue weighted by atomic mass is 11.0. The topological polar surface area (TPSA) is 51.8 Å². The van der Waals surface area contributed by atoms with Gasteiger partial charge in [-0.15, -0.1) is 0 Å². The third kappa shape index (κ3) is 4.91. The molecule has 0 amide bonds. The molecule has 1 aromatic rings. The van der Waals surface area contributed by atoms with E-state index in [2.05, 4.69) is 9.36 Å². The molecular weight excluding hydrogens is 255 g/mol. The molecule has 1 rings (SSSR count). The fourth-order valence-corrected chi connectivity index (χ4v) is 2.53. The molecule has 0 atom stereocenters. The summed E-state index contributed by atoms with van der Waals surface area (Å²) in [7, 11) is 0. The van der Waals surface area contributed by atoms with Crippen LogP contribution >= 0.6 is 35.1 Å². The maximum atomic E-state index is 11.7. The van der Waals surface area contributed by atoms with Crippen LogP contribution in [0.25, 0.3) is 0 Å². The van der Waals surface area contributed by atoms with E-state index in [1.54, 1.807) is 0 Å². The Bertz CT molecular complexity index is 287. The van der Waals surface area contributed by atoms with Gasteiger partial charge in [0, 0.05) is 23.0 Å². The third-order valence-corrected chi connectivity index (χ3v) is 3.50. The summed E-state index contributed by atoms with van der Waals surface area (Å²) < 4.78 is 38.9. The first-order chi connectivity index (χ1) is 6.47. The first-order valence-corrected chi connectivity index (χ1v) is 6.14. The fourth-order valence-electron chi connectivity index (χ4n) is 0.570. The second-order valence-electron chi connectivity index (χ2n) is 2.06. The molecule has 9 heteroatoms. The average Bonchev–Trinajstić information content (AvgIpc) is 2.44. The molecule has 0 aromatic carbocycles. The van der Waals surface area contributed by atoms with Crippen LogP contribution in [0.4, 0.5) is 18.3 Å². The minimum absolute atomic E-state index is 0.00667. The van der Waals surface area contributed by atoms with Gasteiger partial charge >= 0.3 is 5.51 Å². The summed E-state index contributed by atoms with van der Waals surface area (Å²) >= 11 is 2.16. The van der Waals surface area contributed by atoms with Crippen LogP contribution in [-0.2, 0) is 0 Å². The number of thioether (sulfide) groups is 2. The van der Waals surface area contributed by atoms with Crippen molar-refractivity contribution in [3.63, 3.8) is 0 Å². The number of halogens is 3. The minimum Gasteiger partial charge on any atom is -0.374 e. The van der Waals surface area contributed by atoms with Gasteiger partial charge in [-0.25, -0.2) is 0 Å². The molecule has 1 aromatic heterocycles. The third-order valence-electron chi connectivity index (χ3n) is 1.00. The zero-order chi connectivity index (χ0) is 10.6. The number of hydrogen-bond acceptors (Lipinski definition) is 6. The summed E-state index contributed by atoms with van der Waals surface area (Å²) in [4.78, 5) is 3.80. The summed E-state index contributed by atoms with van der Waals surface area (Å²) in [6, 6.07) is 0. The van der Waals surface area contributed by atoms with Crippen molar-refractivity contribution in [3.8, 4) is 0 Å². The van der Waals surface area contributed by atoms with Crippen molar-refractivity contribution in [2.45, 2.75) is 10.7 Å². The van der Waals surface area contributed by atoms with Crippen LogP contribution < -0.4 is 5.73 Å². The fraction of sp³-hybridized carbons (Fsp3) is 0.600. The van der Waals surface area contributed by atoms with Crippen LogP contribution in [-0.4, -0.2) is 26.4 Å². The second kappa shape index (κ2) is 5.08. The van der Waals surface area contributed by atoms with Gasteiger partial charge in [0.1, 0.15) is 0 Å². The largest absolute Gasteiger partial charge is 0.441 e. The average molecular weight is 261 g/mol. The molecule has 0 saturated carbocycles. The molecule has 0 aliphatic carbocycles. The monoisotopic (exact) mass is 261 g/mol. The van der Waals surface area contributed by atoms with E-state index in [0.29, 0.717) is 16.0 Å². The highest BCUT2D eigenvalue weighted by Gasteiger charge is 2.27. The smallest absolute Gasteiger partial charge is 0.374 e. The Kier molecular flexibility index (Phi) is 4.32. The standard InChI is InChI=1S/C5H6F3N3S3/c6-5(7,8)13-2-1-12-4-10-3(9)14-11-4/h1-2H2,(H2,9,10,11). The van der Waals surface area contributed by atoms with Gasteiger partial charge in [-0.3, -0.25) is 0 Å². The molecule has 80 valence electrons. The van der Waals surface area contributed by atoms with Crippen molar-refractivity contribution < 1.29 is 13.2 Å². The highest BCUT2D eigenvalue weighted by atomic mass is 32.2. The Morgan fingerprint density at radius 2 is 2.07 bits per heavy atom. The van der Waals surface area contributed by atoms with E-state index >= 15 is 0 Å². The minimum atomic E-state index is -4.16. The number of alkyl halides is 3. The Morgan fingerprint density at radius 3 is 2.57 bits per heavy atom. The number of aromatic nitrogens is 2. The van der Waals surface area contributed by atoms with Crippen molar-refractivity contribution in [1.82, 2.24) is 9.36 Å².